The second-order valence-electron chi connectivity index (χ2n) is 6.51. The van der Waals surface area contributed by atoms with E-state index in [1.165, 1.54) is 22.0 Å². The molecule has 3 aromatic rings. The zero-order valence-electron chi connectivity index (χ0n) is 15.2. The average molecular weight is 379 g/mol. The Bertz CT molecular complexity index is 1180. The normalized spacial score (nSPS) is 11.6. The van der Waals surface area contributed by atoms with Crippen LogP contribution in [0.5, 0.6) is 11.5 Å². The van der Waals surface area contributed by atoms with Crippen LogP contribution < -0.4 is 21.2 Å². The molecular weight excluding hydrogens is 362 g/mol. The van der Waals surface area contributed by atoms with Crippen molar-refractivity contribution in [3.8, 4) is 11.5 Å². The van der Waals surface area contributed by atoms with Crippen molar-refractivity contribution in [3.05, 3.63) is 74.6 Å². The van der Waals surface area contributed by atoms with Crippen LogP contribution in [0.15, 0.2) is 52.3 Å². The molecule has 9 nitrogen and oxygen atoms in total. The summed E-state index contributed by atoms with van der Waals surface area (Å²) in [5.74, 6) is -0.351. The Labute approximate surface area is 159 Å². The van der Waals surface area contributed by atoms with E-state index in [1.807, 2.05) is 30.3 Å². The lowest BCUT2D eigenvalue weighted by molar-refractivity contribution is 0.0824. The fourth-order valence-corrected chi connectivity index (χ4v) is 2.93. The molecule has 0 aliphatic carbocycles. The van der Waals surface area contributed by atoms with Crippen molar-refractivity contribution in [2.75, 3.05) is 19.4 Å². The Hall–Kier alpha value is -3.88. The molecule has 1 aliphatic rings. The fraction of sp³-hybridized carbons (Fsp3) is 0.158. The third-order valence-electron chi connectivity index (χ3n) is 4.31. The van der Waals surface area contributed by atoms with Gasteiger partial charge in [-0.3, -0.25) is 24.5 Å². The zero-order valence-corrected chi connectivity index (χ0v) is 15.2. The summed E-state index contributed by atoms with van der Waals surface area (Å²) in [6.07, 6.45) is 2.80. The number of anilines is 2. The molecule has 3 heterocycles. The van der Waals surface area contributed by atoms with Crippen LogP contribution in [-0.2, 0) is 6.54 Å². The van der Waals surface area contributed by atoms with Gasteiger partial charge in [0.2, 0.25) is 5.75 Å². The number of carbonyl (C=O) groups excluding carboxylic acids is 1. The van der Waals surface area contributed by atoms with E-state index in [9.17, 15) is 14.4 Å². The third-order valence-corrected chi connectivity index (χ3v) is 4.31. The molecule has 2 N–H and O–H groups in total. The first-order chi connectivity index (χ1) is 13.5. The molecule has 1 aromatic carbocycles. The molecule has 0 saturated heterocycles. The second kappa shape index (κ2) is 6.69. The molecule has 0 fully saturated rings. The largest absolute Gasteiger partial charge is 0.446 e. The van der Waals surface area contributed by atoms with Crippen molar-refractivity contribution < 1.29 is 9.53 Å². The topological polar surface area (TPSA) is 109 Å². The van der Waals surface area contributed by atoms with Gasteiger partial charge in [0, 0.05) is 20.3 Å². The number of rotatable bonds is 3. The first kappa shape index (κ1) is 17.5. The monoisotopic (exact) mass is 379 g/mol. The van der Waals surface area contributed by atoms with Gasteiger partial charge in [0.25, 0.3) is 11.5 Å². The Balaban J connectivity index is 1.78. The molecule has 0 radical (unpaired) electrons. The van der Waals surface area contributed by atoms with Gasteiger partial charge in [0.05, 0.1) is 12.7 Å². The van der Waals surface area contributed by atoms with Crippen LogP contribution in [0.3, 0.4) is 0 Å². The predicted octanol–water partition coefficient (Wildman–Crippen LogP) is 1.53. The lowest BCUT2D eigenvalue weighted by atomic mass is 10.2. The van der Waals surface area contributed by atoms with Crippen molar-refractivity contribution in [1.82, 2.24) is 19.7 Å². The van der Waals surface area contributed by atoms with Crippen molar-refractivity contribution in [2.45, 2.75) is 6.54 Å². The van der Waals surface area contributed by atoms with Crippen LogP contribution in [0.1, 0.15) is 15.9 Å². The van der Waals surface area contributed by atoms with Crippen LogP contribution >= 0.6 is 0 Å². The highest BCUT2D eigenvalue weighted by Crippen LogP contribution is 2.40. The van der Waals surface area contributed by atoms with E-state index in [-0.39, 0.29) is 35.2 Å². The summed E-state index contributed by atoms with van der Waals surface area (Å²) in [4.78, 5) is 43.2. The number of fused-ring (bicyclic) bond motifs is 2. The molecule has 2 aromatic heterocycles. The molecule has 4 rings (SSSR count). The molecule has 0 atom stereocenters. The lowest BCUT2D eigenvalue weighted by Crippen LogP contribution is -2.34. The summed E-state index contributed by atoms with van der Waals surface area (Å²) in [5.41, 5.74) is 0.362. The van der Waals surface area contributed by atoms with E-state index in [2.05, 4.69) is 15.4 Å². The van der Waals surface area contributed by atoms with Crippen molar-refractivity contribution in [3.63, 3.8) is 0 Å². The number of aromatic amines is 1. The highest BCUT2D eigenvalue weighted by atomic mass is 16.5. The Morgan fingerprint density at radius 2 is 1.89 bits per heavy atom. The summed E-state index contributed by atoms with van der Waals surface area (Å²) >= 11 is 0. The standard InChI is InChI=1S/C19H17N5O4/c1-23(2)18(26)12-8-20-9-13-15(12)28-16-14(21-13)19(27)24(22-17(16)25)10-11-6-4-3-5-7-11/h3-9,21H,10H2,1-2H3,(H,22,25). The summed E-state index contributed by atoms with van der Waals surface area (Å²) in [6, 6.07) is 9.28. The minimum absolute atomic E-state index is 0.00318. The molecule has 0 unspecified atom stereocenters. The van der Waals surface area contributed by atoms with E-state index >= 15 is 0 Å². The first-order valence-electron chi connectivity index (χ1n) is 8.51. The van der Waals surface area contributed by atoms with E-state index in [0.29, 0.717) is 5.69 Å². The number of pyridine rings is 1. The highest BCUT2D eigenvalue weighted by molar-refractivity contribution is 5.99. The van der Waals surface area contributed by atoms with Gasteiger partial charge in [-0.05, 0) is 5.56 Å². The maximum Gasteiger partial charge on any atom is 0.308 e. The Morgan fingerprint density at radius 3 is 2.61 bits per heavy atom. The predicted molar refractivity (Wildman–Crippen MR) is 102 cm³/mol. The number of nitrogens with zero attached hydrogens (tertiary/aromatic N) is 3. The van der Waals surface area contributed by atoms with Crippen LogP contribution in [0.4, 0.5) is 11.4 Å². The number of ether oxygens (including phenoxy) is 1. The van der Waals surface area contributed by atoms with E-state index in [1.54, 1.807) is 14.1 Å². The molecule has 142 valence electrons. The smallest absolute Gasteiger partial charge is 0.308 e. The molecule has 0 spiro atoms. The quantitative estimate of drug-likeness (QED) is 0.559. The van der Waals surface area contributed by atoms with Gasteiger partial charge in [0.15, 0.2) is 11.4 Å². The maximum atomic E-state index is 12.9. The fourth-order valence-electron chi connectivity index (χ4n) is 2.93. The third kappa shape index (κ3) is 2.92. The van der Waals surface area contributed by atoms with Gasteiger partial charge in [-0.25, -0.2) is 4.68 Å². The number of hydrogen-bond acceptors (Lipinski definition) is 6. The first-order valence-corrected chi connectivity index (χ1v) is 8.51. The Morgan fingerprint density at radius 1 is 1.14 bits per heavy atom. The number of benzene rings is 1. The highest BCUT2D eigenvalue weighted by Gasteiger charge is 2.28. The number of nitrogens with one attached hydrogen (secondary N) is 2. The SMILES string of the molecule is CN(C)C(=O)c1cncc2c1Oc1c(c(=O)n(Cc3ccccc3)[nH]c1=O)N2. The van der Waals surface area contributed by atoms with Crippen LogP contribution in [0, 0.1) is 0 Å². The zero-order chi connectivity index (χ0) is 19.8. The number of aromatic nitrogens is 3. The number of amides is 1. The van der Waals surface area contributed by atoms with Gasteiger partial charge >= 0.3 is 5.56 Å². The molecule has 28 heavy (non-hydrogen) atoms. The molecule has 1 amide bonds. The summed E-state index contributed by atoms with van der Waals surface area (Å²) < 4.78 is 6.90. The maximum absolute atomic E-state index is 12.9. The van der Waals surface area contributed by atoms with E-state index < -0.39 is 11.1 Å². The molecule has 9 heteroatoms. The number of hydrogen-bond donors (Lipinski definition) is 2. The number of H-pyrrole nitrogens is 1. The molecule has 0 bridgehead atoms. The summed E-state index contributed by atoms with van der Waals surface area (Å²) in [6.45, 7) is 0.203. The number of carbonyl (C=O) groups is 1. The van der Waals surface area contributed by atoms with Crippen molar-refractivity contribution >= 4 is 17.3 Å². The van der Waals surface area contributed by atoms with E-state index in [4.69, 9.17) is 4.74 Å². The Kier molecular flexibility index (Phi) is 4.19. The van der Waals surface area contributed by atoms with Crippen molar-refractivity contribution in [1.29, 1.82) is 0 Å². The second-order valence-corrected chi connectivity index (χ2v) is 6.51. The minimum atomic E-state index is -0.580. The average Bonchev–Trinajstić information content (AvgIpc) is 2.70. The summed E-state index contributed by atoms with van der Waals surface area (Å²) in [5, 5.41) is 5.43. The van der Waals surface area contributed by atoms with Gasteiger partial charge in [-0.15, -0.1) is 0 Å². The van der Waals surface area contributed by atoms with Gasteiger partial charge in [-0.2, -0.15) is 0 Å². The molecular formula is C19H17N5O4. The van der Waals surface area contributed by atoms with Gasteiger partial charge < -0.3 is 15.0 Å². The van der Waals surface area contributed by atoms with Gasteiger partial charge in [-0.1, -0.05) is 30.3 Å². The minimum Gasteiger partial charge on any atom is -0.446 e. The van der Waals surface area contributed by atoms with E-state index in [0.717, 1.165) is 5.56 Å². The van der Waals surface area contributed by atoms with Crippen LogP contribution in [-0.4, -0.2) is 39.7 Å². The van der Waals surface area contributed by atoms with Gasteiger partial charge in [0.1, 0.15) is 11.3 Å². The molecule has 1 aliphatic heterocycles. The van der Waals surface area contributed by atoms with Crippen molar-refractivity contribution in [2.24, 2.45) is 0 Å². The lowest BCUT2D eigenvalue weighted by Gasteiger charge is -2.23. The summed E-state index contributed by atoms with van der Waals surface area (Å²) in [7, 11) is 3.20. The van der Waals surface area contributed by atoms with Crippen LogP contribution in [0.2, 0.25) is 0 Å². The molecule has 0 saturated carbocycles. The van der Waals surface area contributed by atoms with Crippen LogP contribution in [0.25, 0.3) is 0 Å².